The van der Waals surface area contributed by atoms with E-state index in [2.05, 4.69) is 610 Å². The van der Waals surface area contributed by atoms with Crippen molar-refractivity contribution in [2.45, 2.75) is 152 Å². The van der Waals surface area contributed by atoms with Crippen molar-refractivity contribution in [2.24, 2.45) is 63.4 Å². The highest BCUT2D eigenvalue weighted by Gasteiger charge is 2.24. The summed E-state index contributed by atoms with van der Waals surface area (Å²) in [4.78, 5) is 0. The lowest BCUT2D eigenvalue weighted by atomic mass is 9.97. The number of pyridine rings is 9. The lowest BCUT2D eigenvalue weighted by Crippen LogP contribution is -2.34. The Morgan fingerprint density at radius 1 is 0.144 bits per heavy atom. The van der Waals surface area contributed by atoms with Gasteiger partial charge >= 0.3 is 0 Å². The van der Waals surface area contributed by atoms with Crippen molar-refractivity contribution in [1.29, 1.82) is 0 Å². The number of hydrogen-bond acceptors (Lipinski definition) is 0. The van der Waals surface area contributed by atoms with Gasteiger partial charge in [0, 0.05) is 162 Å². The van der Waals surface area contributed by atoms with E-state index >= 15 is 0 Å². The molecule has 708 valence electrons. The number of rotatable bonds is 9. The molecule has 0 saturated carbocycles. The van der Waals surface area contributed by atoms with Crippen molar-refractivity contribution in [2.75, 3.05) is 0 Å². The third-order valence-corrected chi connectivity index (χ3v) is 26.6. The van der Waals surface area contributed by atoms with Gasteiger partial charge < -0.3 is 0 Å². The first-order chi connectivity index (χ1) is 66.4. The summed E-state index contributed by atoms with van der Waals surface area (Å²) in [6.45, 7) is 47.5. The third kappa shape index (κ3) is 28.1. The second-order valence-electron chi connectivity index (χ2n) is 37.6. The molecular formula is C130H152N9+9. The summed E-state index contributed by atoms with van der Waals surface area (Å²) in [7, 11) is 18.9. The second kappa shape index (κ2) is 50.4. The molecule has 9 heteroatoms. The van der Waals surface area contributed by atoms with Crippen LogP contribution < -0.4 is 41.1 Å². The highest BCUT2D eigenvalue weighted by atomic mass is 15.0. The van der Waals surface area contributed by atoms with Crippen molar-refractivity contribution in [1.82, 2.24) is 0 Å². The molecule has 139 heavy (non-hydrogen) atoms. The van der Waals surface area contributed by atoms with E-state index < -0.39 is 0 Å². The van der Waals surface area contributed by atoms with Gasteiger partial charge in [-0.05, 0) is 303 Å². The fourth-order valence-electron chi connectivity index (χ4n) is 18.0. The lowest BCUT2D eigenvalue weighted by molar-refractivity contribution is -0.666. The second-order valence-corrected chi connectivity index (χ2v) is 37.6. The molecule has 9 aromatic heterocycles. The average Bonchev–Trinajstić information content (AvgIpc) is 0.780. The smallest absolute Gasteiger partial charge is 0.201 e. The van der Waals surface area contributed by atoms with Crippen molar-refractivity contribution in [3.8, 4) is 101 Å². The summed E-state index contributed by atoms with van der Waals surface area (Å²) < 4.78 is 19.7. The van der Waals surface area contributed by atoms with Crippen LogP contribution in [0.4, 0.5) is 0 Å². The molecule has 0 bridgehead atoms. The summed E-state index contributed by atoms with van der Waals surface area (Å²) in [6.07, 6.45) is 17.1. The van der Waals surface area contributed by atoms with Crippen molar-refractivity contribution >= 4 is 0 Å². The summed E-state index contributed by atoms with van der Waals surface area (Å²) in [6, 6.07) is 109. The van der Waals surface area contributed by atoms with Gasteiger partial charge in [0.05, 0.1) is 0 Å². The number of benzene rings is 9. The van der Waals surface area contributed by atoms with Gasteiger partial charge in [0.1, 0.15) is 63.4 Å². The molecule has 0 aliphatic heterocycles. The minimum atomic E-state index is 1.26. The SMILES string of the molecule is Cc1cc(-c2ccccc2C)[n+](C)cc1C.Cc1cc(C)c(-c2ccccc2C)[n+](C)c1.Cc1cc[n+](C)c(-c2ccccc2C)c1.Cc1ccc(-c2ccccc2C)[n+](C)c1.Cc1ccccc1-c1c(C)c(C)c(C)c[n+]1C.Cc1ccccc1-c1c(C)c(C)cc[n+]1C.Cc1ccccc1-c1c(C)ccc[n+]1C.Cc1ccccc1-c1cccc(C)[n+]1C.Cc1ccccc1-c1cccc[n+]1C. The molecule has 0 N–H and O–H groups in total. The van der Waals surface area contributed by atoms with Crippen molar-refractivity contribution in [3.05, 3.63) is 481 Å². The molecule has 0 fully saturated rings. The molecule has 0 unspecified atom stereocenters. The van der Waals surface area contributed by atoms with Crippen molar-refractivity contribution in [3.63, 3.8) is 0 Å². The first-order valence-electron chi connectivity index (χ1n) is 48.6. The first kappa shape index (κ1) is 106. The Kier molecular flexibility index (Phi) is 38.6. The number of aryl methyl sites for hydroxylation is 27. The summed E-state index contributed by atoms with van der Waals surface area (Å²) >= 11 is 0. The third-order valence-electron chi connectivity index (χ3n) is 26.6. The van der Waals surface area contributed by atoms with Gasteiger partial charge in [-0.15, -0.1) is 0 Å². The maximum atomic E-state index is 2.26. The molecule has 18 rings (SSSR count). The monoisotopic (exact) mass is 1840 g/mol. The molecule has 0 spiro atoms. The molecule has 0 saturated heterocycles. The van der Waals surface area contributed by atoms with Crippen LogP contribution in [0.15, 0.2) is 359 Å². The van der Waals surface area contributed by atoms with E-state index in [0.29, 0.717) is 0 Å². The maximum Gasteiger partial charge on any atom is 0.215 e. The quantitative estimate of drug-likeness (QED) is 0.129. The van der Waals surface area contributed by atoms with E-state index in [1.54, 1.807) is 0 Å². The van der Waals surface area contributed by atoms with Crippen LogP contribution in [-0.2, 0) is 63.4 Å². The highest BCUT2D eigenvalue weighted by Crippen LogP contribution is 2.31. The van der Waals surface area contributed by atoms with Crippen LogP contribution in [0.3, 0.4) is 0 Å². The van der Waals surface area contributed by atoms with Crippen LogP contribution >= 0.6 is 0 Å². The zero-order valence-corrected chi connectivity index (χ0v) is 89.1. The predicted octanol–water partition coefficient (Wildman–Crippen LogP) is 26.4. The maximum absolute atomic E-state index is 2.26. The highest BCUT2D eigenvalue weighted by molar-refractivity contribution is 5.70. The summed E-state index contributed by atoms with van der Waals surface area (Å²) in [5, 5.41) is 0. The topological polar surface area (TPSA) is 34.9 Å². The fourth-order valence-corrected chi connectivity index (χ4v) is 18.0. The number of nitrogens with zero attached hydrogens (tertiary/aromatic N) is 9. The predicted molar refractivity (Wildman–Crippen MR) is 582 cm³/mol. The van der Waals surface area contributed by atoms with Gasteiger partial charge in [-0.2, -0.15) is 4.57 Å². The molecular weight excluding hydrogens is 1690 g/mol. The molecule has 0 atom stereocenters. The van der Waals surface area contributed by atoms with E-state index in [9.17, 15) is 0 Å². The van der Waals surface area contributed by atoms with Crippen LogP contribution in [-0.4, -0.2) is 0 Å². The first-order valence-corrected chi connectivity index (χ1v) is 48.6. The van der Waals surface area contributed by atoms with Crippen molar-refractivity contribution < 1.29 is 41.1 Å². The van der Waals surface area contributed by atoms with E-state index in [1.165, 1.54) is 224 Å². The van der Waals surface area contributed by atoms with E-state index in [-0.39, 0.29) is 0 Å². The van der Waals surface area contributed by atoms with E-state index in [0.717, 1.165) is 0 Å². The molecule has 0 aliphatic carbocycles. The molecule has 0 radical (unpaired) electrons. The summed E-state index contributed by atoms with van der Waals surface area (Å²) in [5.74, 6) is 0. The van der Waals surface area contributed by atoms with Gasteiger partial charge in [-0.25, -0.2) is 36.5 Å². The molecule has 0 aliphatic rings. The zero-order chi connectivity index (χ0) is 101. The van der Waals surface area contributed by atoms with Crippen LogP contribution in [0.5, 0.6) is 0 Å². The van der Waals surface area contributed by atoms with E-state index in [1.807, 2.05) is 6.07 Å². The zero-order valence-electron chi connectivity index (χ0n) is 89.1. The Labute approximate surface area is 834 Å². The minimum Gasteiger partial charge on any atom is -0.201 e. The number of hydrogen-bond donors (Lipinski definition) is 0. The van der Waals surface area contributed by atoms with Gasteiger partial charge in [-0.1, -0.05) is 164 Å². The Balaban J connectivity index is 0.000000161. The largest absolute Gasteiger partial charge is 0.215 e. The fraction of sp³-hybridized carbons (Fsp3) is 0.238. The average molecular weight is 1840 g/mol. The molecule has 9 nitrogen and oxygen atoms in total. The van der Waals surface area contributed by atoms with Gasteiger partial charge in [0.2, 0.25) is 51.2 Å². The minimum absolute atomic E-state index is 1.26. The van der Waals surface area contributed by atoms with Crippen LogP contribution in [0.2, 0.25) is 0 Å². The Morgan fingerprint density at radius 3 is 0.899 bits per heavy atom. The molecule has 9 aromatic carbocycles. The number of aromatic nitrogens is 9. The lowest BCUT2D eigenvalue weighted by Gasteiger charge is -2.10. The molecule has 0 amide bonds. The van der Waals surface area contributed by atoms with Crippen LogP contribution in [0.1, 0.15) is 123 Å². The Hall–Kier alpha value is -14.7. The van der Waals surface area contributed by atoms with Gasteiger partial charge in [-0.3, -0.25) is 0 Å². The van der Waals surface area contributed by atoms with Crippen LogP contribution in [0, 0.1) is 152 Å². The normalized spacial score (nSPS) is 10.4. The molecule has 18 aromatic rings. The summed E-state index contributed by atoms with van der Waals surface area (Å²) in [5.41, 5.74) is 52.6. The van der Waals surface area contributed by atoms with Gasteiger partial charge in [0.15, 0.2) is 55.3 Å². The van der Waals surface area contributed by atoms with Crippen LogP contribution in [0.25, 0.3) is 101 Å². The Morgan fingerprint density at radius 2 is 0.468 bits per heavy atom. The van der Waals surface area contributed by atoms with Gasteiger partial charge in [0.25, 0.3) is 0 Å². The standard InChI is InChI=1S/C16H20N.3C15H18N.4C14H16N.C13H14N/c1-11-8-6-7-9-15(11)16-14(4)13(3)12(2)10-17(16)5;1-11-9-13(3)15(16(4)10-11)14-8-6-5-7-12(14)2;1-11-7-5-6-8-14(11)15-9-12(2)13(3)10-16(15)4;1-11-9-10-16(4)15(13(11)3)14-8-6-5-7-12(14)2;1-11-7-4-5-9-13(11)14-12(2)8-6-10-15(14)3;1-11-7-4-5-9-13(11)14-10-6-8-12(2)15(14)3;1-11-8-9-15(3)14(10-11)13-7-5-4-6-12(13)2;1-11-8-9-14(15(3)10-11)13-7-5-4-6-12(13)2;1-11-7-3-4-8-12(11)13-9-5-6-10-14(13)2/h6-10H,1-5H3;3*5-10H,1-4H3;4*4-10H,1-3H3;3-10H,1-2H3/q9*+1. The Bertz CT molecular complexity index is 7140. The molecule has 9 heterocycles. The van der Waals surface area contributed by atoms with E-state index in [4.69, 9.17) is 0 Å².